The summed E-state index contributed by atoms with van der Waals surface area (Å²) >= 11 is 0. The van der Waals surface area contributed by atoms with Gasteiger partial charge in [-0.25, -0.2) is 0 Å². The van der Waals surface area contributed by atoms with Crippen molar-refractivity contribution >= 4 is 23.1 Å². The van der Waals surface area contributed by atoms with Crippen LogP contribution in [0.1, 0.15) is 22.7 Å². The maximum Gasteiger partial charge on any atom is 0.300 e. The molecule has 1 heterocycles. The van der Waals surface area contributed by atoms with Crippen LogP contribution in [0.3, 0.4) is 0 Å². The number of hydrogen-bond acceptors (Lipinski definition) is 4. The van der Waals surface area contributed by atoms with Crippen molar-refractivity contribution in [3.05, 3.63) is 101 Å². The zero-order chi connectivity index (χ0) is 20.5. The molecule has 0 bridgehead atoms. The second-order valence-electron chi connectivity index (χ2n) is 6.97. The highest BCUT2D eigenvalue weighted by atomic mass is 16.3. The summed E-state index contributed by atoms with van der Waals surface area (Å²) in [5.41, 5.74) is 2.45. The van der Waals surface area contributed by atoms with E-state index in [0.717, 1.165) is 5.56 Å². The summed E-state index contributed by atoms with van der Waals surface area (Å²) in [6.45, 7) is 1.90. The van der Waals surface area contributed by atoms with E-state index in [2.05, 4.69) is 0 Å². The smallest absolute Gasteiger partial charge is 0.300 e. The number of amides is 1. The third kappa shape index (κ3) is 3.27. The van der Waals surface area contributed by atoms with Crippen molar-refractivity contribution in [3.63, 3.8) is 0 Å². The average Bonchev–Trinajstić information content (AvgIpc) is 2.99. The molecule has 1 aliphatic rings. The number of aliphatic hydroxyl groups excluding tert-OH is 1. The number of carbonyl (C=O) groups excluding carboxylic acids is 2. The highest BCUT2D eigenvalue weighted by molar-refractivity contribution is 6.51. The number of nitrogens with zero attached hydrogens (tertiary/aromatic N) is 1. The molecular formula is C24H19NO4. The number of anilines is 1. The van der Waals surface area contributed by atoms with E-state index in [0.29, 0.717) is 16.8 Å². The summed E-state index contributed by atoms with van der Waals surface area (Å²) in [5, 5.41) is 20.9. The molecule has 1 atom stereocenters. The molecule has 144 valence electrons. The highest BCUT2D eigenvalue weighted by Crippen LogP contribution is 2.42. The van der Waals surface area contributed by atoms with E-state index < -0.39 is 17.7 Å². The van der Waals surface area contributed by atoms with Gasteiger partial charge in [-0.05, 0) is 42.3 Å². The van der Waals surface area contributed by atoms with Crippen LogP contribution >= 0.6 is 0 Å². The number of aliphatic hydroxyl groups is 1. The number of benzene rings is 3. The van der Waals surface area contributed by atoms with Gasteiger partial charge >= 0.3 is 0 Å². The van der Waals surface area contributed by atoms with Crippen molar-refractivity contribution in [2.75, 3.05) is 4.90 Å². The topological polar surface area (TPSA) is 77.8 Å². The van der Waals surface area contributed by atoms with Gasteiger partial charge in [0.1, 0.15) is 11.5 Å². The molecule has 1 unspecified atom stereocenters. The minimum atomic E-state index is -0.857. The number of ketones is 1. The first-order chi connectivity index (χ1) is 14.0. The van der Waals surface area contributed by atoms with Crippen LogP contribution in [0.15, 0.2) is 84.4 Å². The van der Waals surface area contributed by atoms with E-state index in [4.69, 9.17) is 0 Å². The molecule has 29 heavy (non-hydrogen) atoms. The number of rotatable bonds is 3. The molecule has 0 saturated carbocycles. The Labute approximate surface area is 168 Å². The molecule has 4 rings (SSSR count). The van der Waals surface area contributed by atoms with Gasteiger partial charge in [0, 0.05) is 11.3 Å². The lowest BCUT2D eigenvalue weighted by molar-refractivity contribution is -0.132. The van der Waals surface area contributed by atoms with Crippen LogP contribution in [0.2, 0.25) is 0 Å². The molecule has 1 amide bonds. The van der Waals surface area contributed by atoms with Crippen molar-refractivity contribution in [3.8, 4) is 5.75 Å². The summed E-state index contributed by atoms with van der Waals surface area (Å²) in [5.74, 6) is -1.72. The first-order valence-corrected chi connectivity index (χ1v) is 9.19. The van der Waals surface area contributed by atoms with Crippen molar-refractivity contribution in [2.24, 2.45) is 0 Å². The second-order valence-corrected chi connectivity index (χ2v) is 6.97. The number of phenols is 1. The molecule has 2 N–H and O–H groups in total. The Kier molecular flexibility index (Phi) is 4.64. The fourth-order valence-electron chi connectivity index (χ4n) is 3.64. The van der Waals surface area contributed by atoms with Gasteiger partial charge in [-0.2, -0.15) is 0 Å². The van der Waals surface area contributed by atoms with Gasteiger partial charge in [0.05, 0.1) is 11.6 Å². The monoisotopic (exact) mass is 385 g/mol. The van der Waals surface area contributed by atoms with Gasteiger partial charge < -0.3 is 10.2 Å². The summed E-state index contributed by atoms with van der Waals surface area (Å²) in [7, 11) is 0. The van der Waals surface area contributed by atoms with Crippen LogP contribution in [-0.2, 0) is 9.59 Å². The fraction of sp³-hybridized carbons (Fsp3) is 0.0833. The molecule has 3 aromatic carbocycles. The van der Waals surface area contributed by atoms with E-state index in [1.165, 1.54) is 17.0 Å². The largest absolute Gasteiger partial charge is 0.508 e. The molecule has 5 nitrogen and oxygen atoms in total. The maximum absolute atomic E-state index is 13.0. The summed E-state index contributed by atoms with van der Waals surface area (Å²) in [6, 6.07) is 21.4. The SMILES string of the molecule is Cc1cccc(N2C(=O)C(=O)/C(=C(/O)c3ccccc3)C2c2cccc(O)c2)c1. The first kappa shape index (κ1) is 18.5. The van der Waals surface area contributed by atoms with Gasteiger partial charge in [0.25, 0.3) is 11.7 Å². The zero-order valence-corrected chi connectivity index (χ0v) is 15.7. The van der Waals surface area contributed by atoms with E-state index in [9.17, 15) is 19.8 Å². The Hall–Kier alpha value is -3.86. The Morgan fingerprint density at radius 2 is 1.62 bits per heavy atom. The second kappa shape index (κ2) is 7.28. The number of hydrogen-bond donors (Lipinski definition) is 2. The lowest BCUT2D eigenvalue weighted by atomic mass is 9.95. The number of Topliss-reactive ketones (excluding diaryl/α,β-unsaturated/α-hetero) is 1. The van der Waals surface area contributed by atoms with Crippen molar-refractivity contribution in [1.29, 1.82) is 0 Å². The molecule has 0 aromatic heterocycles. The molecule has 5 heteroatoms. The standard InChI is InChI=1S/C24H19NO4/c1-15-7-5-11-18(13-15)25-21(17-10-6-12-19(26)14-17)20(23(28)24(25)29)22(27)16-8-3-2-4-9-16/h2-14,21,26-27H,1H3/b22-20+. The van der Waals surface area contributed by atoms with E-state index in [-0.39, 0.29) is 17.1 Å². The van der Waals surface area contributed by atoms with Crippen LogP contribution in [-0.4, -0.2) is 21.9 Å². The molecule has 1 saturated heterocycles. The Morgan fingerprint density at radius 3 is 2.31 bits per heavy atom. The molecule has 1 fully saturated rings. The van der Waals surface area contributed by atoms with Crippen LogP contribution < -0.4 is 4.90 Å². The Morgan fingerprint density at radius 1 is 0.897 bits per heavy atom. The molecule has 0 aliphatic carbocycles. The predicted octanol–water partition coefficient (Wildman–Crippen LogP) is 4.33. The zero-order valence-electron chi connectivity index (χ0n) is 15.7. The minimum absolute atomic E-state index is 0.00620. The van der Waals surface area contributed by atoms with Gasteiger partial charge in [0.2, 0.25) is 0 Å². The van der Waals surface area contributed by atoms with Crippen molar-refractivity contribution < 1.29 is 19.8 Å². The molecular weight excluding hydrogens is 366 g/mol. The average molecular weight is 385 g/mol. The first-order valence-electron chi connectivity index (χ1n) is 9.19. The van der Waals surface area contributed by atoms with Crippen LogP contribution in [0.5, 0.6) is 5.75 Å². The quantitative estimate of drug-likeness (QED) is 0.400. The van der Waals surface area contributed by atoms with Crippen molar-refractivity contribution in [1.82, 2.24) is 0 Å². The molecule has 0 spiro atoms. The Bertz CT molecular complexity index is 1130. The highest BCUT2D eigenvalue weighted by Gasteiger charge is 2.47. The number of carbonyl (C=O) groups is 2. The predicted molar refractivity (Wildman–Crippen MR) is 111 cm³/mol. The maximum atomic E-state index is 13.0. The summed E-state index contributed by atoms with van der Waals surface area (Å²) in [4.78, 5) is 27.4. The van der Waals surface area contributed by atoms with Crippen LogP contribution in [0.4, 0.5) is 5.69 Å². The van der Waals surface area contributed by atoms with Crippen molar-refractivity contribution in [2.45, 2.75) is 13.0 Å². The number of phenolic OH excluding ortho intramolecular Hbond substituents is 1. The molecule has 1 aliphatic heterocycles. The van der Waals surface area contributed by atoms with E-state index >= 15 is 0 Å². The normalized spacial score (nSPS) is 18.2. The van der Waals surface area contributed by atoms with Crippen LogP contribution in [0.25, 0.3) is 5.76 Å². The van der Waals surface area contributed by atoms with E-state index in [1.54, 1.807) is 54.6 Å². The van der Waals surface area contributed by atoms with Gasteiger partial charge in [-0.1, -0.05) is 54.6 Å². The lowest BCUT2D eigenvalue weighted by Crippen LogP contribution is -2.29. The number of aromatic hydroxyl groups is 1. The van der Waals surface area contributed by atoms with E-state index in [1.807, 2.05) is 19.1 Å². The van der Waals surface area contributed by atoms with Crippen LogP contribution in [0, 0.1) is 6.92 Å². The summed E-state index contributed by atoms with van der Waals surface area (Å²) in [6.07, 6.45) is 0. The van der Waals surface area contributed by atoms with Gasteiger partial charge in [0.15, 0.2) is 0 Å². The number of aryl methyl sites for hydroxylation is 1. The Balaban J connectivity index is 1.97. The van der Waals surface area contributed by atoms with Gasteiger partial charge in [-0.15, -0.1) is 0 Å². The summed E-state index contributed by atoms with van der Waals surface area (Å²) < 4.78 is 0. The van der Waals surface area contributed by atoms with Gasteiger partial charge in [-0.3, -0.25) is 14.5 Å². The fourth-order valence-corrected chi connectivity index (χ4v) is 3.64. The third-order valence-electron chi connectivity index (χ3n) is 4.96. The molecule has 3 aromatic rings. The lowest BCUT2D eigenvalue weighted by Gasteiger charge is -2.25. The third-order valence-corrected chi connectivity index (χ3v) is 4.96. The molecule has 0 radical (unpaired) electrons. The minimum Gasteiger partial charge on any atom is -0.508 e.